The van der Waals surface area contributed by atoms with Gasteiger partial charge in [0.15, 0.2) is 17.3 Å². The zero-order chi connectivity index (χ0) is 35.1. The van der Waals surface area contributed by atoms with E-state index in [-0.39, 0.29) is 37.4 Å². The number of aromatic nitrogens is 1. The number of anilines is 2. The van der Waals surface area contributed by atoms with Gasteiger partial charge in [0, 0.05) is 37.8 Å². The Morgan fingerprint density at radius 3 is 2.61 bits per heavy atom. The minimum atomic E-state index is -0.504. The number of carbonyl (C=O) groups excluding carboxylic acids is 2. The minimum absolute atomic E-state index is 0.0782. The van der Waals surface area contributed by atoms with Gasteiger partial charge in [0.25, 0.3) is 5.91 Å². The molecule has 49 heavy (non-hydrogen) atoms. The number of aliphatic hydroxyl groups is 1. The molecule has 3 N–H and O–H groups in total. The molecule has 2 aromatic carbocycles. The summed E-state index contributed by atoms with van der Waals surface area (Å²) in [5, 5.41) is 19.7. The first-order chi connectivity index (χ1) is 23.5. The van der Waals surface area contributed by atoms with Crippen LogP contribution in [0.5, 0.6) is 17.2 Å². The number of hydrogen-bond donors (Lipinski definition) is 3. The number of ether oxygens (including phenoxy) is 4. The predicted octanol–water partition coefficient (Wildman–Crippen LogP) is 5.59. The summed E-state index contributed by atoms with van der Waals surface area (Å²) in [4.78, 5) is 31.2. The fourth-order valence-electron chi connectivity index (χ4n) is 6.12. The van der Waals surface area contributed by atoms with Crippen LogP contribution in [-0.4, -0.2) is 90.4 Å². The summed E-state index contributed by atoms with van der Waals surface area (Å²) in [5.74, 6) is 2.02. The van der Waals surface area contributed by atoms with Gasteiger partial charge in [-0.1, -0.05) is 18.1 Å². The van der Waals surface area contributed by atoms with Crippen molar-refractivity contribution in [1.82, 2.24) is 15.0 Å². The maximum absolute atomic E-state index is 14.4. The Labute approximate surface area is 287 Å². The number of likely N-dealkylation sites (N-methyl/N-ethyl adjacent to an activating group) is 1. The Morgan fingerprint density at radius 2 is 1.86 bits per heavy atom. The summed E-state index contributed by atoms with van der Waals surface area (Å²) in [7, 11) is 2.05. The lowest BCUT2D eigenvalue weighted by Crippen LogP contribution is -2.47. The van der Waals surface area contributed by atoms with Crippen molar-refractivity contribution >= 4 is 23.3 Å². The van der Waals surface area contributed by atoms with E-state index in [2.05, 4.69) is 34.7 Å². The lowest BCUT2D eigenvalue weighted by atomic mass is 10.0. The number of urea groups is 1. The van der Waals surface area contributed by atoms with Crippen LogP contribution in [0.3, 0.4) is 0 Å². The number of benzene rings is 2. The molecule has 2 aliphatic heterocycles. The van der Waals surface area contributed by atoms with Crippen LogP contribution >= 0.6 is 0 Å². The lowest BCUT2D eigenvalue weighted by Gasteiger charge is -2.36. The molecule has 4 atom stereocenters. The molecule has 1 aromatic heterocycles. The third-order valence-corrected chi connectivity index (χ3v) is 8.96. The molecule has 0 unspecified atom stereocenters. The summed E-state index contributed by atoms with van der Waals surface area (Å²) >= 11 is 0. The van der Waals surface area contributed by atoms with E-state index in [0.717, 1.165) is 36.3 Å². The van der Waals surface area contributed by atoms with Crippen molar-refractivity contribution in [2.75, 3.05) is 50.8 Å². The zero-order valence-electron chi connectivity index (χ0n) is 29.3. The highest BCUT2D eigenvalue weighted by atomic mass is 16.7. The Kier molecular flexibility index (Phi) is 12.0. The van der Waals surface area contributed by atoms with Crippen LogP contribution in [0.25, 0.3) is 0 Å². The average Bonchev–Trinajstić information content (AvgIpc) is 3.67. The Bertz CT molecular complexity index is 1580. The van der Waals surface area contributed by atoms with Crippen molar-refractivity contribution in [2.45, 2.75) is 78.7 Å². The van der Waals surface area contributed by atoms with E-state index in [1.807, 2.05) is 32.0 Å². The molecule has 3 heterocycles. The van der Waals surface area contributed by atoms with Crippen LogP contribution in [0.4, 0.5) is 16.2 Å². The van der Waals surface area contributed by atoms with E-state index in [9.17, 15) is 14.7 Å². The van der Waals surface area contributed by atoms with Gasteiger partial charge in [0.1, 0.15) is 17.1 Å². The zero-order valence-corrected chi connectivity index (χ0v) is 29.3. The molecule has 13 nitrogen and oxygen atoms in total. The van der Waals surface area contributed by atoms with Crippen molar-refractivity contribution in [3.8, 4) is 17.2 Å². The number of rotatable bonds is 8. The van der Waals surface area contributed by atoms with Gasteiger partial charge in [-0.25, -0.2) is 4.79 Å². The van der Waals surface area contributed by atoms with E-state index in [1.54, 1.807) is 36.9 Å². The molecule has 0 saturated heterocycles. The number of hydrogen-bond acceptors (Lipinski definition) is 10. The highest BCUT2D eigenvalue weighted by molar-refractivity contribution is 6.03. The molecule has 13 heteroatoms. The maximum Gasteiger partial charge on any atom is 0.323 e. The van der Waals surface area contributed by atoms with Crippen LogP contribution in [0.2, 0.25) is 0 Å². The van der Waals surface area contributed by atoms with Gasteiger partial charge >= 0.3 is 6.03 Å². The van der Waals surface area contributed by atoms with Gasteiger partial charge < -0.3 is 44.1 Å². The van der Waals surface area contributed by atoms with Crippen molar-refractivity contribution < 1.29 is 38.2 Å². The summed E-state index contributed by atoms with van der Waals surface area (Å²) < 4.78 is 29.0. The maximum atomic E-state index is 14.4. The van der Waals surface area contributed by atoms with E-state index in [0.29, 0.717) is 60.4 Å². The molecule has 0 fully saturated rings. The predicted molar refractivity (Wildman–Crippen MR) is 184 cm³/mol. The smallest absolute Gasteiger partial charge is 0.323 e. The van der Waals surface area contributed by atoms with Crippen LogP contribution in [-0.2, 0) is 11.3 Å². The molecule has 2 aliphatic rings. The number of fused-ring (bicyclic) bond motifs is 2. The third-order valence-electron chi connectivity index (χ3n) is 8.96. The van der Waals surface area contributed by atoms with Crippen molar-refractivity contribution in [3.05, 3.63) is 59.0 Å². The lowest BCUT2D eigenvalue weighted by molar-refractivity contribution is -0.0177. The van der Waals surface area contributed by atoms with Gasteiger partial charge in [-0.15, -0.1) is 0 Å². The molecule has 0 radical (unpaired) electrons. The molecule has 3 amide bonds. The Morgan fingerprint density at radius 1 is 1.08 bits per heavy atom. The normalized spacial score (nSPS) is 20.7. The minimum Gasteiger partial charge on any atom is -0.490 e. The molecule has 5 rings (SSSR count). The van der Waals surface area contributed by atoms with Crippen LogP contribution in [0.1, 0.15) is 67.4 Å². The highest BCUT2D eigenvalue weighted by Gasteiger charge is 2.30. The fourth-order valence-corrected chi connectivity index (χ4v) is 6.12. The Hall–Kier alpha value is -4.33. The van der Waals surface area contributed by atoms with Gasteiger partial charge in [-0.05, 0) is 89.9 Å². The number of amides is 3. The van der Waals surface area contributed by atoms with Gasteiger partial charge in [-0.2, -0.15) is 0 Å². The first kappa shape index (κ1) is 36.0. The summed E-state index contributed by atoms with van der Waals surface area (Å²) in [6.07, 6.45) is 2.19. The number of aryl methyl sites for hydroxylation is 2. The molecule has 0 bridgehead atoms. The largest absolute Gasteiger partial charge is 0.490 e. The summed E-state index contributed by atoms with van der Waals surface area (Å²) in [6, 6.07) is 10.0. The molecule has 0 saturated carbocycles. The van der Waals surface area contributed by atoms with E-state index in [1.165, 1.54) is 0 Å². The van der Waals surface area contributed by atoms with Gasteiger partial charge in [-0.3, -0.25) is 9.69 Å². The SMILES string of the molecule is Cc1noc(C)c1NC(=O)Nc1ccc2c(c1)C(=O)N([C@@H](C)CO)C[C@H](C)[C@H](CN(C)Cc1ccc3c(c1)OCO3)OCCCC[C@H](C)O2. The van der Waals surface area contributed by atoms with Gasteiger partial charge in [0.05, 0.1) is 30.4 Å². The molecular formula is C36H49N5O8. The average molecular weight is 680 g/mol. The van der Waals surface area contributed by atoms with Crippen LogP contribution in [0, 0.1) is 19.8 Å². The molecule has 0 aliphatic carbocycles. The standard InChI is InChI=1S/C36H49N5O8/c1-22-17-41(23(2)20-42)35(43)29-16-28(37-36(44)38-34-25(4)39-49-26(34)5)11-13-30(29)48-24(3)9-7-8-14-45-33(22)19-40(6)18-27-10-12-31-32(15-27)47-21-46-31/h10-13,15-16,22-24,33,42H,7-9,14,17-21H2,1-6H3,(H2,37,38,44)/t22-,23-,24-,33-/m0/s1. The first-order valence-electron chi connectivity index (χ1n) is 16.9. The van der Waals surface area contributed by atoms with E-state index in [4.69, 9.17) is 23.5 Å². The quantitative estimate of drug-likeness (QED) is 0.275. The number of nitrogens with one attached hydrogen (secondary N) is 2. The van der Waals surface area contributed by atoms with Crippen LogP contribution in [0.15, 0.2) is 40.9 Å². The van der Waals surface area contributed by atoms with Crippen molar-refractivity contribution in [3.63, 3.8) is 0 Å². The second-order valence-electron chi connectivity index (χ2n) is 13.2. The number of carbonyl (C=O) groups is 2. The number of nitrogens with zero attached hydrogens (tertiary/aromatic N) is 3. The van der Waals surface area contributed by atoms with Crippen molar-refractivity contribution in [2.24, 2.45) is 5.92 Å². The number of aliphatic hydroxyl groups excluding tert-OH is 1. The third kappa shape index (κ3) is 9.22. The van der Waals surface area contributed by atoms with E-state index >= 15 is 0 Å². The molecule has 0 spiro atoms. The highest BCUT2D eigenvalue weighted by Crippen LogP contribution is 2.33. The van der Waals surface area contributed by atoms with E-state index < -0.39 is 12.1 Å². The van der Waals surface area contributed by atoms with Crippen molar-refractivity contribution in [1.29, 1.82) is 0 Å². The Balaban J connectivity index is 1.37. The summed E-state index contributed by atoms with van der Waals surface area (Å²) in [5.41, 5.74) is 2.84. The monoisotopic (exact) mass is 679 g/mol. The summed E-state index contributed by atoms with van der Waals surface area (Å²) in [6.45, 7) is 11.6. The molecule has 3 aromatic rings. The molecule has 266 valence electrons. The topological polar surface area (TPSA) is 148 Å². The second-order valence-corrected chi connectivity index (χ2v) is 13.2. The molecular weight excluding hydrogens is 630 g/mol. The fraction of sp³-hybridized carbons (Fsp3) is 0.528. The van der Waals surface area contributed by atoms with Gasteiger partial charge in [0.2, 0.25) is 6.79 Å². The second kappa shape index (κ2) is 16.4. The van der Waals surface area contributed by atoms with Crippen LogP contribution < -0.4 is 24.8 Å². The first-order valence-corrected chi connectivity index (χ1v) is 16.9.